The van der Waals surface area contributed by atoms with Crippen LogP contribution in [-0.4, -0.2) is 49.7 Å². The minimum atomic E-state index is -0.741. The van der Waals surface area contributed by atoms with Crippen LogP contribution in [0.3, 0.4) is 0 Å². The summed E-state index contributed by atoms with van der Waals surface area (Å²) in [4.78, 5) is 12.1. The molecule has 7 nitrogen and oxygen atoms in total. The van der Waals surface area contributed by atoms with E-state index >= 15 is 0 Å². The molecule has 0 bridgehead atoms. The Morgan fingerprint density at radius 3 is 2.62 bits per heavy atom. The number of hydrogen-bond donors (Lipinski definition) is 2. The van der Waals surface area contributed by atoms with E-state index in [2.05, 4.69) is 32.4 Å². The largest absolute Gasteiger partial charge is 0.481 e. The Morgan fingerprint density at radius 1 is 1.52 bits per heavy atom. The number of tetrazole rings is 1. The summed E-state index contributed by atoms with van der Waals surface area (Å²) in [6, 6.07) is 0. The minimum absolute atomic E-state index is 0.231. The first-order valence-electron chi connectivity index (χ1n) is 7.58. The molecule has 1 saturated carbocycles. The van der Waals surface area contributed by atoms with Crippen LogP contribution in [0.25, 0.3) is 0 Å². The molecule has 2 heterocycles. The van der Waals surface area contributed by atoms with Crippen molar-refractivity contribution in [1.82, 2.24) is 25.5 Å². The number of H-pyrrole nitrogens is 1. The molecule has 118 valence electrons. The third kappa shape index (κ3) is 4.23. The van der Waals surface area contributed by atoms with E-state index in [1.54, 1.807) is 13.8 Å². The minimum Gasteiger partial charge on any atom is -0.481 e. The first-order chi connectivity index (χ1) is 9.90. The molecule has 1 atom stereocenters. The smallest absolute Gasteiger partial charge is 0.305 e. The Morgan fingerprint density at radius 2 is 2.19 bits per heavy atom. The number of carboxylic acid groups (broad SMARTS) is 1. The van der Waals surface area contributed by atoms with Gasteiger partial charge < -0.3 is 5.11 Å². The molecule has 7 heteroatoms. The molecule has 3 rings (SSSR count). The molecule has 1 saturated heterocycles. The van der Waals surface area contributed by atoms with Crippen LogP contribution in [0.2, 0.25) is 0 Å². The van der Waals surface area contributed by atoms with Crippen molar-refractivity contribution in [2.75, 3.05) is 13.1 Å². The van der Waals surface area contributed by atoms with Crippen molar-refractivity contribution in [3.8, 4) is 0 Å². The third-order valence-electron chi connectivity index (χ3n) is 4.32. The number of nitrogens with zero attached hydrogens (tertiary/aromatic N) is 4. The fraction of sp³-hybridized carbons (Fsp3) is 0.857. The second-order valence-corrected chi connectivity index (χ2v) is 6.81. The standard InChI is InChI=1S/C10H17N5.C4H8O2/c1-8-2-3-10(4-8)6-15(7-10)5-9-11-13-14-12-9;1-3(2)4(5)6/h8H,2-7H2,1H3,(H,11,12,13,14);3H,1-2H3,(H,5,6). The van der Waals surface area contributed by atoms with Gasteiger partial charge in [-0.2, -0.15) is 5.21 Å². The molecule has 1 aliphatic heterocycles. The molecule has 0 radical (unpaired) electrons. The number of likely N-dealkylation sites (tertiary alicyclic amines) is 1. The van der Waals surface area contributed by atoms with E-state index in [4.69, 9.17) is 5.11 Å². The zero-order valence-corrected chi connectivity index (χ0v) is 13.0. The van der Waals surface area contributed by atoms with Crippen LogP contribution < -0.4 is 0 Å². The molecule has 1 spiro atoms. The molecular weight excluding hydrogens is 270 g/mol. The molecule has 2 fully saturated rings. The molecule has 1 aliphatic carbocycles. The lowest BCUT2D eigenvalue weighted by Crippen LogP contribution is -2.54. The highest BCUT2D eigenvalue weighted by Crippen LogP contribution is 2.48. The highest BCUT2D eigenvalue weighted by Gasteiger charge is 2.46. The number of aliphatic carboxylic acids is 1. The van der Waals surface area contributed by atoms with Crippen molar-refractivity contribution >= 4 is 5.97 Å². The number of nitrogens with one attached hydrogen (secondary N) is 1. The fourth-order valence-electron chi connectivity index (χ4n) is 3.25. The van der Waals surface area contributed by atoms with E-state index in [1.165, 1.54) is 32.4 Å². The van der Waals surface area contributed by atoms with Crippen LogP contribution in [0.5, 0.6) is 0 Å². The highest BCUT2D eigenvalue weighted by molar-refractivity contribution is 5.68. The number of rotatable bonds is 3. The first kappa shape index (κ1) is 15.9. The van der Waals surface area contributed by atoms with E-state index in [0.29, 0.717) is 5.41 Å². The average Bonchev–Trinajstić information content (AvgIpc) is 2.99. The van der Waals surface area contributed by atoms with Crippen LogP contribution in [0.15, 0.2) is 0 Å². The fourth-order valence-corrected chi connectivity index (χ4v) is 3.25. The maximum atomic E-state index is 9.70. The Balaban J connectivity index is 0.000000232. The Kier molecular flexibility index (Phi) is 4.92. The predicted octanol–water partition coefficient (Wildman–Crippen LogP) is 1.55. The van der Waals surface area contributed by atoms with Crippen LogP contribution in [0.4, 0.5) is 0 Å². The summed E-state index contributed by atoms with van der Waals surface area (Å²) < 4.78 is 0. The van der Waals surface area contributed by atoms with E-state index in [1.807, 2.05) is 0 Å². The molecular formula is C14H25N5O2. The zero-order valence-electron chi connectivity index (χ0n) is 13.0. The SMILES string of the molecule is CC(C)C(=O)O.CC1CCC2(C1)CN(Cc1nn[nH]n1)C2. The molecule has 0 aromatic carbocycles. The lowest BCUT2D eigenvalue weighted by atomic mass is 9.77. The molecule has 2 aliphatic rings. The van der Waals surface area contributed by atoms with Gasteiger partial charge in [0.1, 0.15) is 0 Å². The van der Waals surface area contributed by atoms with Crippen LogP contribution in [-0.2, 0) is 11.3 Å². The molecule has 21 heavy (non-hydrogen) atoms. The van der Waals surface area contributed by atoms with Gasteiger partial charge in [-0.25, -0.2) is 0 Å². The summed E-state index contributed by atoms with van der Waals surface area (Å²) in [5, 5.41) is 22.0. The third-order valence-corrected chi connectivity index (χ3v) is 4.32. The van der Waals surface area contributed by atoms with Gasteiger partial charge >= 0.3 is 5.97 Å². The highest BCUT2D eigenvalue weighted by atomic mass is 16.4. The van der Waals surface area contributed by atoms with Gasteiger partial charge in [-0.1, -0.05) is 32.4 Å². The summed E-state index contributed by atoms with van der Waals surface area (Å²) in [6.07, 6.45) is 4.24. The zero-order chi connectivity index (χ0) is 15.5. The van der Waals surface area contributed by atoms with Crippen LogP contribution in [0, 0.1) is 17.3 Å². The number of aromatic amines is 1. The summed E-state index contributed by atoms with van der Waals surface area (Å²) in [5.41, 5.74) is 0.642. The number of carbonyl (C=O) groups is 1. The van der Waals surface area contributed by atoms with Crippen molar-refractivity contribution in [3.05, 3.63) is 5.82 Å². The van der Waals surface area contributed by atoms with Gasteiger partial charge in [0, 0.05) is 13.1 Å². The molecule has 1 aromatic heterocycles. The van der Waals surface area contributed by atoms with Crippen molar-refractivity contribution in [2.24, 2.45) is 17.3 Å². The van der Waals surface area contributed by atoms with E-state index in [-0.39, 0.29) is 5.92 Å². The van der Waals surface area contributed by atoms with Gasteiger partial charge in [-0.05, 0) is 24.2 Å². The predicted molar refractivity (Wildman–Crippen MR) is 77.4 cm³/mol. The molecule has 2 N–H and O–H groups in total. The van der Waals surface area contributed by atoms with E-state index in [9.17, 15) is 4.79 Å². The number of hydrogen-bond acceptors (Lipinski definition) is 5. The quantitative estimate of drug-likeness (QED) is 0.878. The van der Waals surface area contributed by atoms with E-state index in [0.717, 1.165) is 18.3 Å². The average molecular weight is 295 g/mol. The summed E-state index contributed by atoms with van der Waals surface area (Å²) in [6.45, 7) is 8.96. The van der Waals surface area contributed by atoms with Crippen molar-refractivity contribution in [1.29, 1.82) is 0 Å². The van der Waals surface area contributed by atoms with Gasteiger partial charge in [0.25, 0.3) is 0 Å². The summed E-state index contributed by atoms with van der Waals surface area (Å²) in [7, 11) is 0. The van der Waals surface area contributed by atoms with Crippen LogP contribution >= 0.6 is 0 Å². The van der Waals surface area contributed by atoms with Crippen molar-refractivity contribution in [3.63, 3.8) is 0 Å². The molecule has 1 aromatic rings. The van der Waals surface area contributed by atoms with Gasteiger partial charge in [0.15, 0.2) is 5.82 Å². The maximum absolute atomic E-state index is 9.70. The van der Waals surface area contributed by atoms with Crippen molar-refractivity contribution < 1.29 is 9.90 Å². The van der Waals surface area contributed by atoms with Gasteiger partial charge in [-0.15, -0.1) is 10.2 Å². The van der Waals surface area contributed by atoms with Crippen molar-refractivity contribution in [2.45, 2.75) is 46.6 Å². The number of carboxylic acids is 1. The van der Waals surface area contributed by atoms with Crippen LogP contribution in [0.1, 0.15) is 45.9 Å². The van der Waals surface area contributed by atoms with Gasteiger partial charge in [-0.3, -0.25) is 9.69 Å². The number of aromatic nitrogens is 4. The first-order valence-corrected chi connectivity index (χ1v) is 7.58. The van der Waals surface area contributed by atoms with Gasteiger partial charge in [0.05, 0.1) is 12.5 Å². The summed E-state index contributed by atoms with van der Waals surface area (Å²) in [5.74, 6) is 0.772. The summed E-state index contributed by atoms with van der Waals surface area (Å²) >= 11 is 0. The second-order valence-electron chi connectivity index (χ2n) is 6.81. The normalized spacial score (nSPS) is 23.7. The lowest BCUT2D eigenvalue weighted by Gasteiger charge is -2.48. The monoisotopic (exact) mass is 295 g/mol. The van der Waals surface area contributed by atoms with E-state index < -0.39 is 5.97 Å². The molecule has 0 amide bonds. The Hall–Kier alpha value is -1.50. The lowest BCUT2D eigenvalue weighted by molar-refractivity contribution is -0.140. The second kappa shape index (κ2) is 6.51. The topological polar surface area (TPSA) is 95.0 Å². The molecule has 1 unspecified atom stereocenters. The maximum Gasteiger partial charge on any atom is 0.305 e. The van der Waals surface area contributed by atoms with Gasteiger partial charge in [0.2, 0.25) is 0 Å². The Labute approximate surface area is 125 Å². The Bertz CT molecular complexity index is 454.